The lowest BCUT2D eigenvalue weighted by Crippen LogP contribution is -2.27. The molecule has 7 heteroatoms. The number of anilines is 1. The second-order valence-electron chi connectivity index (χ2n) is 4.66. The van der Waals surface area contributed by atoms with Crippen molar-refractivity contribution in [2.75, 3.05) is 4.90 Å². The Balaban J connectivity index is 1.95. The number of rotatable bonds is 2. The monoisotopic (exact) mass is 383 g/mol. The maximum absolute atomic E-state index is 13.0. The van der Waals surface area contributed by atoms with Crippen LogP contribution in [0.1, 0.15) is 5.56 Å². The minimum Gasteiger partial charge on any atom is -0.268 e. The standard InChI is InChI=1S/C16H8Cl2FNOS2/c17-10-3-6-13(12(18)8-10)20-15(21)14(23-16(20)22)7-9-1-4-11(19)5-2-9/h1-8H. The third-order valence-corrected chi connectivity index (χ3v) is 4.95. The number of amides is 1. The first-order valence-corrected chi connectivity index (χ1v) is 8.42. The van der Waals surface area contributed by atoms with Gasteiger partial charge in [0.25, 0.3) is 5.91 Å². The van der Waals surface area contributed by atoms with Crippen LogP contribution < -0.4 is 4.90 Å². The Hall–Kier alpha value is -1.40. The number of nitrogens with zero attached hydrogens (tertiary/aromatic N) is 1. The van der Waals surface area contributed by atoms with Gasteiger partial charge in [0.2, 0.25) is 0 Å². The molecular weight excluding hydrogens is 376 g/mol. The van der Waals surface area contributed by atoms with Crippen LogP contribution in [0.4, 0.5) is 10.1 Å². The molecule has 0 unspecified atom stereocenters. The Bertz CT molecular complexity index is 836. The first-order valence-electron chi connectivity index (χ1n) is 6.44. The summed E-state index contributed by atoms with van der Waals surface area (Å²) in [7, 11) is 0. The van der Waals surface area contributed by atoms with Gasteiger partial charge in [0.05, 0.1) is 15.6 Å². The van der Waals surface area contributed by atoms with Gasteiger partial charge in [0.15, 0.2) is 4.32 Å². The van der Waals surface area contributed by atoms with E-state index < -0.39 is 0 Å². The van der Waals surface area contributed by atoms with E-state index in [1.165, 1.54) is 28.8 Å². The zero-order valence-corrected chi connectivity index (χ0v) is 14.6. The van der Waals surface area contributed by atoms with E-state index in [4.69, 9.17) is 35.4 Å². The molecule has 1 aliphatic rings. The zero-order valence-electron chi connectivity index (χ0n) is 11.4. The fraction of sp³-hybridized carbons (Fsp3) is 0. The molecule has 0 N–H and O–H groups in total. The number of hydrogen-bond acceptors (Lipinski definition) is 3. The summed E-state index contributed by atoms with van der Waals surface area (Å²) in [6, 6.07) is 10.7. The first-order chi connectivity index (χ1) is 11.0. The van der Waals surface area contributed by atoms with E-state index in [-0.39, 0.29) is 11.7 Å². The average molecular weight is 384 g/mol. The topological polar surface area (TPSA) is 20.3 Å². The lowest BCUT2D eigenvalue weighted by Gasteiger charge is -2.16. The van der Waals surface area contributed by atoms with Gasteiger partial charge in [-0.15, -0.1) is 0 Å². The number of thioether (sulfide) groups is 1. The number of hydrogen-bond donors (Lipinski definition) is 0. The Morgan fingerprint density at radius 2 is 1.83 bits per heavy atom. The van der Waals surface area contributed by atoms with E-state index in [1.807, 2.05) is 0 Å². The van der Waals surface area contributed by atoms with Gasteiger partial charge < -0.3 is 0 Å². The van der Waals surface area contributed by atoms with Crippen LogP contribution in [0.3, 0.4) is 0 Å². The predicted molar refractivity (Wildman–Crippen MR) is 98.5 cm³/mol. The molecule has 2 aromatic rings. The van der Waals surface area contributed by atoms with Gasteiger partial charge in [-0.1, -0.05) is 59.3 Å². The van der Waals surface area contributed by atoms with Gasteiger partial charge in [-0.2, -0.15) is 0 Å². The maximum Gasteiger partial charge on any atom is 0.270 e. The van der Waals surface area contributed by atoms with E-state index in [0.29, 0.717) is 30.5 Å². The van der Waals surface area contributed by atoms with E-state index in [1.54, 1.807) is 36.4 Å². The highest BCUT2D eigenvalue weighted by Crippen LogP contribution is 2.39. The molecule has 1 heterocycles. The highest BCUT2D eigenvalue weighted by Gasteiger charge is 2.34. The Morgan fingerprint density at radius 3 is 2.48 bits per heavy atom. The quantitative estimate of drug-likeness (QED) is 0.501. The Morgan fingerprint density at radius 1 is 1.13 bits per heavy atom. The molecule has 0 bridgehead atoms. The number of halogens is 3. The van der Waals surface area contributed by atoms with Gasteiger partial charge in [-0.25, -0.2) is 4.39 Å². The van der Waals surface area contributed by atoms with Crippen molar-refractivity contribution >= 4 is 69.2 Å². The SMILES string of the molecule is O=C1C(=Cc2ccc(F)cc2)SC(=S)N1c1ccc(Cl)cc1Cl. The molecule has 23 heavy (non-hydrogen) atoms. The summed E-state index contributed by atoms with van der Waals surface area (Å²) >= 11 is 18.5. The molecule has 116 valence electrons. The largest absolute Gasteiger partial charge is 0.270 e. The third-order valence-electron chi connectivity index (χ3n) is 3.11. The second-order valence-corrected chi connectivity index (χ2v) is 7.18. The fourth-order valence-corrected chi connectivity index (χ4v) is 3.83. The number of carbonyl (C=O) groups is 1. The Labute approximate surface area is 151 Å². The molecule has 0 radical (unpaired) electrons. The number of carbonyl (C=O) groups excluding carboxylic acids is 1. The van der Waals surface area contributed by atoms with Crippen LogP contribution in [0.5, 0.6) is 0 Å². The summed E-state index contributed by atoms with van der Waals surface area (Å²) < 4.78 is 13.3. The van der Waals surface area contributed by atoms with Crippen molar-refractivity contribution < 1.29 is 9.18 Å². The van der Waals surface area contributed by atoms with Crippen molar-refractivity contribution in [3.8, 4) is 0 Å². The normalized spacial score (nSPS) is 16.5. The molecule has 2 aromatic carbocycles. The first kappa shape index (κ1) is 16.5. The predicted octanol–water partition coefficient (Wildman–Crippen LogP) is 5.54. The fourth-order valence-electron chi connectivity index (χ4n) is 2.05. The van der Waals surface area contributed by atoms with E-state index in [0.717, 1.165) is 0 Å². The van der Waals surface area contributed by atoms with Crippen molar-refractivity contribution in [1.29, 1.82) is 0 Å². The molecule has 1 saturated heterocycles. The number of thiocarbonyl (C=S) groups is 1. The molecule has 0 aromatic heterocycles. The van der Waals surface area contributed by atoms with Crippen LogP contribution >= 0.6 is 47.2 Å². The molecule has 0 saturated carbocycles. The van der Waals surface area contributed by atoms with Crippen molar-refractivity contribution in [3.63, 3.8) is 0 Å². The van der Waals surface area contributed by atoms with Gasteiger partial charge >= 0.3 is 0 Å². The Kier molecular flexibility index (Phi) is 4.73. The van der Waals surface area contributed by atoms with Crippen LogP contribution in [-0.2, 0) is 4.79 Å². The van der Waals surface area contributed by atoms with Crippen molar-refractivity contribution in [3.05, 3.63) is 68.8 Å². The summed E-state index contributed by atoms with van der Waals surface area (Å²) in [5, 5.41) is 0.822. The van der Waals surface area contributed by atoms with Crippen LogP contribution in [0, 0.1) is 5.82 Å². The van der Waals surface area contributed by atoms with Gasteiger partial charge in [-0.05, 0) is 42.0 Å². The zero-order chi connectivity index (χ0) is 16.6. The van der Waals surface area contributed by atoms with Crippen LogP contribution in [-0.4, -0.2) is 10.2 Å². The van der Waals surface area contributed by atoms with E-state index in [9.17, 15) is 9.18 Å². The summed E-state index contributed by atoms with van der Waals surface area (Å²) in [5.74, 6) is -0.601. The minimum atomic E-state index is -0.331. The summed E-state index contributed by atoms with van der Waals surface area (Å²) in [4.78, 5) is 14.4. The lowest BCUT2D eigenvalue weighted by atomic mass is 10.2. The van der Waals surface area contributed by atoms with E-state index >= 15 is 0 Å². The maximum atomic E-state index is 13.0. The smallest absolute Gasteiger partial charge is 0.268 e. The van der Waals surface area contributed by atoms with Crippen molar-refractivity contribution in [1.82, 2.24) is 0 Å². The molecule has 0 atom stereocenters. The highest BCUT2D eigenvalue weighted by atomic mass is 35.5. The van der Waals surface area contributed by atoms with Crippen LogP contribution in [0.25, 0.3) is 6.08 Å². The van der Waals surface area contributed by atoms with Crippen LogP contribution in [0.15, 0.2) is 47.4 Å². The summed E-state index contributed by atoms with van der Waals surface area (Å²) in [6.07, 6.45) is 1.67. The van der Waals surface area contributed by atoms with Gasteiger partial charge in [0, 0.05) is 5.02 Å². The van der Waals surface area contributed by atoms with E-state index in [2.05, 4.69) is 0 Å². The summed E-state index contributed by atoms with van der Waals surface area (Å²) in [6.45, 7) is 0. The molecule has 1 fully saturated rings. The number of benzene rings is 2. The van der Waals surface area contributed by atoms with Crippen molar-refractivity contribution in [2.24, 2.45) is 0 Å². The van der Waals surface area contributed by atoms with Gasteiger partial charge in [0.1, 0.15) is 5.82 Å². The lowest BCUT2D eigenvalue weighted by molar-refractivity contribution is -0.113. The second kappa shape index (κ2) is 6.61. The average Bonchev–Trinajstić information content (AvgIpc) is 2.77. The molecule has 0 spiro atoms. The molecule has 0 aliphatic carbocycles. The molecule has 3 rings (SSSR count). The molecular formula is C16H8Cl2FNOS2. The molecule has 2 nitrogen and oxygen atoms in total. The minimum absolute atomic E-state index is 0.270. The van der Waals surface area contributed by atoms with Gasteiger partial charge in [-0.3, -0.25) is 9.69 Å². The molecule has 1 aliphatic heterocycles. The molecule has 1 amide bonds. The highest BCUT2D eigenvalue weighted by molar-refractivity contribution is 8.27. The third kappa shape index (κ3) is 3.43. The summed E-state index contributed by atoms with van der Waals surface area (Å²) in [5.41, 5.74) is 1.20. The van der Waals surface area contributed by atoms with Crippen LogP contribution in [0.2, 0.25) is 10.0 Å². The van der Waals surface area contributed by atoms with Crippen molar-refractivity contribution in [2.45, 2.75) is 0 Å².